The Morgan fingerprint density at radius 1 is 0.963 bits per heavy atom. The van der Waals surface area contributed by atoms with Gasteiger partial charge in [0.15, 0.2) is 5.11 Å². The van der Waals surface area contributed by atoms with Gasteiger partial charge in [-0.3, -0.25) is 15.6 Å². The van der Waals surface area contributed by atoms with Crippen LogP contribution >= 0.6 is 23.6 Å². The predicted molar refractivity (Wildman–Crippen MR) is 114 cm³/mol. The molecule has 3 N–H and O–H groups in total. The summed E-state index contributed by atoms with van der Waals surface area (Å²) in [6, 6.07) is 19.7. The topological polar surface area (TPSA) is 66.0 Å². The number of nitrogens with one attached hydrogen (secondary N) is 3. The van der Waals surface area contributed by atoms with Gasteiger partial charge in [0.2, 0.25) is 0 Å². The number of carbonyl (C=O) groups is 1. The highest BCUT2D eigenvalue weighted by atomic mass is 32.1. The van der Waals surface area contributed by atoms with Gasteiger partial charge in [0, 0.05) is 17.2 Å². The maximum atomic E-state index is 12.8. The van der Waals surface area contributed by atoms with E-state index in [0.29, 0.717) is 15.7 Å². The summed E-state index contributed by atoms with van der Waals surface area (Å²) < 4.78 is 0. The summed E-state index contributed by atoms with van der Waals surface area (Å²) in [6.07, 6.45) is 0. The number of thiocarbonyl (C=S) groups is 1. The molecule has 27 heavy (non-hydrogen) atoms. The molecule has 0 radical (unpaired) electrons. The zero-order valence-corrected chi connectivity index (χ0v) is 16.7. The molecule has 7 heteroatoms. The van der Waals surface area contributed by atoms with E-state index in [9.17, 15) is 4.79 Å². The Bertz CT molecular complexity index is 924. The van der Waals surface area contributed by atoms with Crippen molar-refractivity contribution in [2.45, 2.75) is 19.9 Å². The molecule has 0 aliphatic rings. The highest BCUT2D eigenvalue weighted by molar-refractivity contribution is 7.80. The van der Waals surface area contributed by atoms with Crippen LogP contribution in [0.4, 0.5) is 0 Å². The van der Waals surface area contributed by atoms with Crippen LogP contribution in [-0.2, 0) is 0 Å². The van der Waals surface area contributed by atoms with Crippen LogP contribution in [0.5, 0.6) is 0 Å². The van der Waals surface area contributed by atoms with Gasteiger partial charge in [0.25, 0.3) is 5.91 Å². The molecule has 3 rings (SSSR count). The summed E-state index contributed by atoms with van der Waals surface area (Å²) in [5, 5.41) is 4.18. The third kappa shape index (κ3) is 4.90. The summed E-state index contributed by atoms with van der Waals surface area (Å²) in [7, 11) is 0. The molecular weight excluding hydrogens is 376 g/mol. The van der Waals surface area contributed by atoms with Crippen molar-refractivity contribution in [3.63, 3.8) is 0 Å². The second kappa shape index (κ2) is 8.75. The number of hydrazine groups is 1. The molecule has 0 saturated heterocycles. The van der Waals surface area contributed by atoms with E-state index in [1.807, 2.05) is 74.5 Å². The van der Waals surface area contributed by atoms with Crippen molar-refractivity contribution >= 4 is 34.6 Å². The van der Waals surface area contributed by atoms with Crippen LogP contribution in [0.15, 0.2) is 60.7 Å². The second-order valence-corrected chi connectivity index (χ2v) is 7.54. The fourth-order valence-corrected chi connectivity index (χ4v) is 3.71. The Hall–Kier alpha value is -2.77. The number of nitrogens with zero attached hydrogens (tertiary/aromatic N) is 1. The molecule has 2 aromatic carbocycles. The number of benzene rings is 2. The average molecular weight is 397 g/mol. The smallest absolute Gasteiger partial charge is 0.282 e. The highest BCUT2D eigenvalue weighted by Gasteiger charge is 2.20. The van der Waals surface area contributed by atoms with E-state index in [0.717, 1.165) is 16.1 Å². The molecule has 138 valence electrons. The molecule has 0 fully saturated rings. The number of hydrogen-bond donors (Lipinski definition) is 3. The lowest BCUT2D eigenvalue weighted by atomic mass is 10.1. The molecule has 1 amide bonds. The minimum atomic E-state index is -0.276. The maximum absolute atomic E-state index is 12.8. The summed E-state index contributed by atoms with van der Waals surface area (Å²) in [5.74, 6) is -0.276. The zero-order valence-electron chi connectivity index (χ0n) is 15.0. The number of aromatic nitrogens is 1. The Kier molecular flexibility index (Phi) is 6.16. The van der Waals surface area contributed by atoms with Crippen molar-refractivity contribution in [2.75, 3.05) is 0 Å². The molecule has 0 saturated carbocycles. The minimum Gasteiger partial charge on any atom is -0.359 e. The largest absolute Gasteiger partial charge is 0.359 e. The van der Waals surface area contributed by atoms with Crippen LogP contribution < -0.4 is 16.2 Å². The Balaban J connectivity index is 1.89. The Labute approximate surface area is 167 Å². The molecule has 1 heterocycles. The van der Waals surface area contributed by atoms with Gasteiger partial charge in [-0.05, 0) is 26.1 Å². The third-order valence-corrected chi connectivity index (χ3v) is 4.93. The molecule has 1 aromatic heterocycles. The normalized spacial score (nSPS) is 10.5. The maximum Gasteiger partial charge on any atom is 0.282 e. The summed E-state index contributed by atoms with van der Waals surface area (Å²) in [6.45, 7) is 3.94. The van der Waals surface area contributed by atoms with Crippen molar-refractivity contribution in [1.29, 1.82) is 0 Å². The van der Waals surface area contributed by atoms with Gasteiger partial charge in [0.05, 0.1) is 5.69 Å². The van der Waals surface area contributed by atoms with E-state index in [1.54, 1.807) is 0 Å². The summed E-state index contributed by atoms with van der Waals surface area (Å²) in [4.78, 5) is 18.0. The summed E-state index contributed by atoms with van der Waals surface area (Å²) in [5.41, 5.74) is 7.92. The lowest BCUT2D eigenvalue weighted by Crippen LogP contribution is -2.48. The van der Waals surface area contributed by atoms with Gasteiger partial charge < -0.3 is 5.32 Å². The first-order valence-corrected chi connectivity index (χ1v) is 9.75. The first kappa shape index (κ1) is 19.0. The van der Waals surface area contributed by atoms with Crippen LogP contribution in [0.3, 0.4) is 0 Å². The lowest BCUT2D eigenvalue weighted by Gasteiger charge is -2.13. The Morgan fingerprint density at radius 2 is 1.56 bits per heavy atom. The van der Waals surface area contributed by atoms with Gasteiger partial charge in [0.1, 0.15) is 9.88 Å². The molecule has 0 unspecified atom stereocenters. The standard InChI is InChI=1S/C20H20N4OS2/c1-13(2)21-20(26)24-23-18(25)17-16(14-9-5-3-6-10-14)22-19(27-17)15-11-7-4-8-12-15/h3-13H,1-2H3,(H,23,25)(H2,21,24,26). The number of amides is 1. The van der Waals surface area contributed by atoms with Gasteiger partial charge in [-0.25, -0.2) is 4.98 Å². The molecule has 0 atom stereocenters. The molecule has 0 aliphatic heterocycles. The summed E-state index contributed by atoms with van der Waals surface area (Å²) >= 11 is 6.51. The van der Waals surface area contributed by atoms with Gasteiger partial charge >= 0.3 is 0 Å². The lowest BCUT2D eigenvalue weighted by molar-refractivity contribution is 0.0948. The van der Waals surface area contributed by atoms with E-state index < -0.39 is 0 Å². The quantitative estimate of drug-likeness (QED) is 0.460. The number of thiazole rings is 1. The number of rotatable bonds is 4. The molecule has 3 aromatic rings. The monoisotopic (exact) mass is 396 g/mol. The first-order chi connectivity index (χ1) is 13.0. The predicted octanol–water partition coefficient (Wildman–Crippen LogP) is 3.99. The van der Waals surface area contributed by atoms with Gasteiger partial charge in [-0.1, -0.05) is 60.7 Å². The van der Waals surface area contributed by atoms with Gasteiger partial charge in [-0.2, -0.15) is 0 Å². The highest BCUT2D eigenvalue weighted by Crippen LogP contribution is 2.33. The number of carbonyl (C=O) groups excluding carboxylic acids is 1. The van der Waals surface area contributed by atoms with E-state index in [1.165, 1.54) is 11.3 Å². The van der Waals surface area contributed by atoms with Crippen molar-refractivity contribution in [3.05, 3.63) is 65.5 Å². The number of hydrogen-bond acceptors (Lipinski definition) is 4. The van der Waals surface area contributed by atoms with E-state index >= 15 is 0 Å². The second-order valence-electron chi connectivity index (χ2n) is 6.14. The SMILES string of the molecule is CC(C)NC(=S)NNC(=O)c1sc(-c2ccccc2)nc1-c1ccccc1. The fourth-order valence-electron chi connectivity index (χ4n) is 2.44. The van der Waals surface area contributed by atoms with Crippen molar-refractivity contribution in [3.8, 4) is 21.8 Å². The van der Waals surface area contributed by atoms with Gasteiger partial charge in [-0.15, -0.1) is 11.3 Å². The van der Waals surface area contributed by atoms with Crippen LogP contribution in [0.25, 0.3) is 21.8 Å². The molecule has 5 nitrogen and oxygen atoms in total. The van der Waals surface area contributed by atoms with Crippen LogP contribution in [0.1, 0.15) is 23.5 Å². The van der Waals surface area contributed by atoms with Crippen LogP contribution in [0.2, 0.25) is 0 Å². The van der Waals surface area contributed by atoms with E-state index in [4.69, 9.17) is 17.2 Å². The first-order valence-electron chi connectivity index (χ1n) is 8.53. The fraction of sp³-hybridized carbons (Fsp3) is 0.150. The third-order valence-electron chi connectivity index (χ3n) is 3.61. The molecule has 0 bridgehead atoms. The zero-order chi connectivity index (χ0) is 19.2. The molecular formula is C20H20N4OS2. The van der Waals surface area contributed by atoms with Crippen molar-refractivity contribution in [1.82, 2.24) is 21.2 Å². The minimum absolute atomic E-state index is 0.176. The van der Waals surface area contributed by atoms with Crippen molar-refractivity contribution < 1.29 is 4.79 Å². The Morgan fingerprint density at radius 3 is 2.15 bits per heavy atom. The van der Waals surface area contributed by atoms with E-state index in [2.05, 4.69) is 16.2 Å². The van der Waals surface area contributed by atoms with Crippen LogP contribution in [-0.4, -0.2) is 22.0 Å². The van der Waals surface area contributed by atoms with Crippen molar-refractivity contribution in [2.24, 2.45) is 0 Å². The molecule has 0 spiro atoms. The van der Waals surface area contributed by atoms with Crippen LogP contribution in [0, 0.1) is 0 Å². The van der Waals surface area contributed by atoms with E-state index in [-0.39, 0.29) is 11.9 Å². The molecule has 0 aliphatic carbocycles. The average Bonchev–Trinajstić information content (AvgIpc) is 3.12.